The van der Waals surface area contributed by atoms with Crippen molar-refractivity contribution >= 4 is 23.2 Å². The normalized spacial score (nSPS) is 10.0. The van der Waals surface area contributed by atoms with E-state index in [1.807, 2.05) is 0 Å². The summed E-state index contributed by atoms with van der Waals surface area (Å²) >= 11 is 11.5. The number of hydrogen-bond donors (Lipinski definition) is 0. The van der Waals surface area contributed by atoms with Crippen molar-refractivity contribution in [1.82, 2.24) is 0 Å². The lowest BCUT2D eigenvalue weighted by Crippen LogP contribution is -1.94. The molecular weight excluding hydrogens is 202 g/mol. The fourth-order valence-corrected chi connectivity index (χ4v) is 1.27. The van der Waals surface area contributed by atoms with Crippen LogP contribution in [0.5, 0.6) is 5.75 Å². The Hall–Kier alpha value is -0.470. The summed E-state index contributed by atoms with van der Waals surface area (Å²) in [5, 5.41) is 0.886. The highest BCUT2D eigenvalue weighted by molar-refractivity contribution is 6.34. The predicted molar refractivity (Wildman–Crippen MR) is 47.8 cm³/mol. The van der Waals surface area contributed by atoms with Crippen LogP contribution in [0.2, 0.25) is 10.0 Å². The van der Waals surface area contributed by atoms with E-state index in [2.05, 4.69) is 4.74 Å². The van der Waals surface area contributed by atoms with Gasteiger partial charge in [0.2, 0.25) is 6.86 Å². The number of rotatable bonds is 2. The van der Waals surface area contributed by atoms with Crippen molar-refractivity contribution in [3.05, 3.63) is 27.7 Å². The molecule has 1 rings (SSSR count). The molecule has 0 saturated heterocycles. The minimum Gasteiger partial charge on any atom is -0.461 e. The van der Waals surface area contributed by atoms with Crippen molar-refractivity contribution in [2.75, 3.05) is 6.86 Å². The summed E-state index contributed by atoms with van der Waals surface area (Å²) < 4.78 is 16.5. The van der Waals surface area contributed by atoms with Crippen LogP contribution in [0.3, 0.4) is 0 Å². The third-order valence-corrected chi connectivity index (χ3v) is 2.20. The van der Waals surface area contributed by atoms with Crippen LogP contribution in [0.4, 0.5) is 4.39 Å². The molecule has 0 aromatic heterocycles. The second-order valence-corrected chi connectivity index (χ2v) is 3.05. The number of alkyl halides is 1. The molecule has 0 amide bonds. The van der Waals surface area contributed by atoms with Gasteiger partial charge in [-0.05, 0) is 19.1 Å². The van der Waals surface area contributed by atoms with Gasteiger partial charge in [0.15, 0.2) is 0 Å². The maximum atomic E-state index is 11.8. The Labute approximate surface area is 80.0 Å². The molecule has 0 bridgehead atoms. The number of ether oxygens (including phenoxy) is 1. The number of benzene rings is 1. The summed E-state index contributed by atoms with van der Waals surface area (Å²) in [6.07, 6.45) is 0. The molecule has 0 spiro atoms. The van der Waals surface area contributed by atoms with Crippen LogP contribution in [0.15, 0.2) is 12.1 Å². The Kier molecular flexibility index (Phi) is 3.18. The van der Waals surface area contributed by atoms with Crippen LogP contribution >= 0.6 is 23.2 Å². The van der Waals surface area contributed by atoms with E-state index in [1.165, 1.54) is 0 Å². The van der Waals surface area contributed by atoms with Crippen molar-refractivity contribution in [3.8, 4) is 5.75 Å². The standard InChI is InChI=1S/C8H7Cl2FO/c1-5-6(9)2-3-7(10)8(5)12-4-11/h2-3H,4H2,1H3. The lowest BCUT2D eigenvalue weighted by atomic mass is 10.2. The highest BCUT2D eigenvalue weighted by atomic mass is 35.5. The zero-order valence-corrected chi connectivity index (χ0v) is 7.92. The van der Waals surface area contributed by atoms with Crippen molar-refractivity contribution in [2.45, 2.75) is 6.92 Å². The van der Waals surface area contributed by atoms with Gasteiger partial charge in [0.1, 0.15) is 5.75 Å². The first kappa shape index (κ1) is 9.62. The lowest BCUT2D eigenvalue weighted by Gasteiger charge is -2.08. The average Bonchev–Trinajstić information content (AvgIpc) is 2.06. The van der Waals surface area contributed by atoms with E-state index in [-0.39, 0.29) is 0 Å². The summed E-state index contributed by atoms with van der Waals surface area (Å²) in [6, 6.07) is 3.21. The summed E-state index contributed by atoms with van der Waals surface area (Å²) in [5.41, 5.74) is 0.654. The SMILES string of the molecule is Cc1c(Cl)ccc(Cl)c1OCF. The molecule has 1 aromatic rings. The van der Waals surface area contributed by atoms with E-state index < -0.39 is 6.86 Å². The molecule has 0 saturated carbocycles. The number of halogens is 3. The van der Waals surface area contributed by atoms with Gasteiger partial charge in [-0.25, -0.2) is 4.39 Å². The van der Waals surface area contributed by atoms with Gasteiger partial charge in [-0.3, -0.25) is 0 Å². The molecule has 4 heteroatoms. The van der Waals surface area contributed by atoms with Crippen molar-refractivity contribution in [3.63, 3.8) is 0 Å². The van der Waals surface area contributed by atoms with E-state index in [0.717, 1.165) is 0 Å². The average molecular weight is 209 g/mol. The Morgan fingerprint density at radius 3 is 2.50 bits per heavy atom. The van der Waals surface area contributed by atoms with E-state index >= 15 is 0 Å². The fraction of sp³-hybridized carbons (Fsp3) is 0.250. The number of hydrogen-bond acceptors (Lipinski definition) is 1. The second-order valence-electron chi connectivity index (χ2n) is 2.24. The summed E-state index contributed by atoms with van der Waals surface area (Å²) in [7, 11) is 0. The first-order valence-electron chi connectivity index (χ1n) is 3.30. The molecule has 1 nitrogen and oxygen atoms in total. The molecule has 0 fully saturated rings. The third kappa shape index (κ3) is 1.82. The van der Waals surface area contributed by atoms with Crippen LogP contribution in [0, 0.1) is 6.92 Å². The molecular formula is C8H7Cl2FO. The largest absolute Gasteiger partial charge is 0.461 e. The van der Waals surface area contributed by atoms with Crippen LogP contribution in [-0.2, 0) is 0 Å². The molecule has 0 N–H and O–H groups in total. The van der Waals surface area contributed by atoms with E-state index in [1.54, 1.807) is 19.1 Å². The van der Waals surface area contributed by atoms with Gasteiger partial charge in [0.25, 0.3) is 0 Å². The zero-order chi connectivity index (χ0) is 9.14. The Bertz CT molecular complexity index is 289. The highest BCUT2D eigenvalue weighted by Gasteiger charge is 2.07. The molecule has 0 aliphatic heterocycles. The molecule has 66 valence electrons. The fourth-order valence-electron chi connectivity index (χ4n) is 0.866. The first-order chi connectivity index (χ1) is 5.66. The van der Waals surface area contributed by atoms with E-state index in [4.69, 9.17) is 23.2 Å². The molecule has 12 heavy (non-hydrogen) atoms. The molecule has 0 aliphatic carbocycles. The smallest absolute Gasteiger partial charge is 0.228 e. The maximum Gasteiger partial charge on any atom is 0.228 e. The van der Waals surface area contributed by atoms with Crippen molar-refractivity contribution in [1.29, 1.82) is 0 Å². The second kappa shape index (κ2) is 3.97. The van der Waals surface area contributed by atoms with Crippen LogP contribution < -0.4 is 4.74 Å². The van der Waals surface area contributed by atoms with E-state index in [0.29, 0.717) is 21.4 Å². The topological polar surface area (TPSA) is 9.23 Å². The molecule has 0 heterocycles. The van der Waals surface area contributed by atoms with E-state index in [9.17, 15) is 4.39 Å². The summed E-state index contributed by atoms with van der Waals surface area (Å²) in [6.45, 7) is 0.820. The van der Waals surface area contributed by atoms with Gasteiger partial charge < -0.3 is 4.74 Å². The third-order valence-electron chi connectivity index (χ3n) is 1.49. The van der Waals surface area contributed by atoms with Crippen molar-refractivity contribution < 1.29 is 9.13 Å². The van der Waals surface area contributed by atoms with Crippen LogP contribution in [0.25, 0.3) is 0 Å². The van der Waals surface area contributed by atoms with Crippen LogP contribution in [0.1, 0.15) is 5.56 Å². The first-order valence-corrected chi connectivity index (χ1v) is 4.05. The lowest BCUT2D eigenvalue weighted by molar-refractivity contribution is 0.191. The molecule has 0 unspecified atom stereocenters. The molecule has 0 atom stereocenters. The Morgan fingerprint density at radius 2 is 1.92 bits per heavy atom. The van der Waals surface area contributed by atoms with Gasteiger partial charge in [-0.15, -0.1) is 0 Å². The van der Waals surface area contributed by atoms with Crippen molar-refractivity contribution in [2.24, 2.45) is 0 Å². The molecule has 1 aromatic carbocycles. The van der Waals surface area contributed by atoms with Gasteiger partial charge in [-0.1, -0.05) is 23.2 Å². The van der Waals surface area contributed by atoms with Gasteiger partial charge in [0.05, 0.1) is 5.02 Å². The van der Waals surface area contributed by atoms with Gasteiger partial charge in [-0.2, -0.15) is 0 Å². The monoisotopic (exact) mass is 208 g/mol. The maximum absolute atomic E-state index is 11.8. The Balaban J connectivity index is 3.14. The quantitative estimate of drug-likeness (QED) is 0.722. The molecule has 0 radical (unpaired) electrons. The minimum atomic E-state index is -0.902. The Morgan fingerprint density at radius 1 is 1.33 bits per heavy atom. The predicted octanol–water partition coefficient (Wildman–Crippen LogP) is 3.61. The summed E-state index contributed by atoms with van der Waals surface area (Å²) in [4.78, 5) is 0. The molecule has 0 aliphatic rings. The summed E-state index contributed by atoms with van der Waals surface area (Å²) in [5.74, 6) is 0.312. The van der Waals surface area contributed by atoms with Gasteiger partial charge >= 0.3 is 0 Å². The zero-order valence-electron chi connectivity index (χ0n) is 6.40. The highest BCUT2D eigenvalue weighted by Crippen LogP contribution is 2.33. The van der Waals surface area contributed by atoms with Crippen LogP contribution in [-0.4, -0.2) is 6.86 Å². The minimum absolute atomic E-state index is 0.312. The van der Waals surface area contributed by atoms with Gasteiger partial charge in [0, 0.05) is 10.6 Å².